The smallest absolute Gasteiger partial charge is 0.343 e. The summed E-state index contributed by atoms with van der Waals surface area (Å²) >= 11 is 0. The molecule has 5 heteroatoms. The Morgan fingerprint density at radius 3 is 2.21 bits per heavy atom. The highest BCUT2D eigenvalue weighted by Gasteiger charge is 2.09. The predicted octanol–water partition coefficient (Wildman–Crippen LogP) is 6.62. The minimum atomic E-state index is -0.442. The molecule has 0 radical (unpaired) electrons. The maximum atomic E-state index is 12.4. The predicted molar refractivity (Wildman–Crippen MR) is 133 cm³/mol. The van der Waals surface area contributed by atoms with Crippen LogP contribution in [0, 0.1) is 0 Å². The standard InChI is InChI=1S/C29H30O5/c1-2-3-4-8-21-32-26-18-14-25(15-19-26)29(31)34-27-16-11-23(12-17-27)13-20-28(30)33-22-24-9-6-5-7-10-24/h5-7,9-20H,2-4,8,21-22H2,1H3/b20-13+. The molecule has 0 spiro atoms. The van der Waals surface area contributed by atoms with E-state index >= 15 is 0 Å². The Kier molecular flexibility index (Phi) is 9.93. The van der Waals surface area contributed by atoms with Crippen LogP contribution < -0.4 is 9.47 Å². The molecule has 34 heavy (non-hydrogen) atoms. The number of carbonyl (C=O) groups is 2. The quantitative estimate of drug-likeness (QED) is 0.132. The van der Waals surface area contributed by atoms with E-state index in [-0.39, 0.29) is 6.61 Å². The number of ether oxygens (including phenoxy) is 3. The highest BCUT2D eigenvalue weighted by Crippen LogP contribution is 2.18. The van der Waals surface area contributed by atoms with E-state index in [1.165, 1.54) is 18.9 Å². The molecule has 5 nitrogen and oxygen atoms in total. The number of benzene rings is 3. The average Bonchev–Trinajstić information content (AvgIpc) is 2.88. The molecule has 0 aliphatic carbocycles. The number of unbranched alkanes of at least 4 members (excludes halogenated alkanes) is 3. The van der Waals surface area contributed by atoms with Crippen LogP contribution in [0.3, 0.4) is 0 Å². The SMILES string of the molecule is CCCCCCOc1ccc(C(=O)Oc2ccc(/C=C/C(=O)OCc3ccccc3)cc2)cc1. The van der Waals surface area contributed by atoms with E-state index in [1.807, 2.05) is 30.3 Å². The lowest BCUT2D eigenvalue weighted by Gasteiger charge is -2.08. The van der Waals surface area contributed by atoms with Crippen molar-refractivity contribution >= 4 is 18.0 Å². The Morgan fingerprint density at radius 1 is 0.794 bits per heavy atom. The molecular formula is C29H30O5. The molecule has 0 saturated carbocycles. The van der Waals surface area contributed by atoms with E-state index in [0.29, 0.717) is 17.9 Å². The van der Waals surface area contributed by atoms with Crippen LogP contribution in [0.15, 0.2) is 84.9 Å². The van der Waals surface area contributed by atoms with Gasteiger partial charge in [-0.1, -0.05) is 68.7 Å². The molecule has 0 atom stereocenters. The molecule has 0 aliphatic heterocycles. The monoisotopic (exact) mass is 458 g/mol. The summed E-state index contributed by atoms with van der Waals surface area (Å²) < 4.78 is 16.4. The summed E-state index contributed by atoms with van der Waals surface area (Å²) in [4.78, 5) is 24.3. The van der Waals surface area contributed by atoms with Gasteiger partial charge in [0.15, 0.2) is 0 Å². The normalized spacial score (nSPS) is 10.7. The summed E-state index contributed by atoms with van der Waals surface area (Å²) in [6.07, 6.45) is 7.62. The number of hydrogen-bond donors (Lipinski definition) is 0. The van der Waals surface area contributed by atoms with E-state index in [2.05, 4.69) is 6.92 Å². The van der Waals surface area contributed by atoms with E-state index in [4.69, 9.17) is 14.2 Å². The van der Waals surface area contributed by atoms with Gasteiger partial charge in [0.05, 0.1) is 12.2 Å². The zero-order chi connectivity index (χ0) is 24.0. The third kappa shape index (κ3) is 8.58. The van der Waals surface area contributed by atoms with E-state index in [9.17, 15) is 9.59 Å². The third-order valence-corrected chi connectivity index (χ3v) is 5.08. The van der Waals surface area contributed by atoms with Crippen molar-refractivity contribution in [3.8, 4) is 11.5 Å². The van der Waals surface area contributed by atoms with Gasteiger partial charge in [0, 0.05) is 6.08 Å². The maximum absolute atomic E-state index is 12.4. The van der Waals surface area contributed by atoms with Gasteiger partial charge in [-0.2, -0.15) is 0 Å². The van der Waals surface area contributed by atoms with Crippen LogP contribution in [-0.2, 0) is 16.1 Å². The van der Waals surface area contributed by atoms with Crippen molar-refractivity contribution < 1.29 is 23.8 Å². The lowest BCUT2D eigenvalue weighted by Crippen LogP contribution is -2.08. The number of esters is 2. The Hall–Kier alpha value is -3.86. The van der Waals surface area contributed by atoms with Gasteiger partial charge >= 0.3 is 11.9 Å². The first-order chi connectivity index (χ1) is 16.6. The van der Waals surface area contributed by atoms with Crippen molar-refractivity contribution in [3.63, 3.8) is 0 Å². The van der Waals surface area contributed by atoms with Crippen LogP contribution in [0.4, 0.5) is 0 Å². The van der Waals surface area contributed by atoms with Crippen molar-refractivity contribution in [1.29, 1.82) is 0 Å². The van der Waals surface area contributed by atoms with E-state index in [0.717, 1.165) is 29.7 Å². The molecule has 3 rings (SSSR count). The van der Waals surface area contributed by atoms with Crippen LogP contribution in [-0.4, -0.2) is 18.5 Å². The molecule has 0 bridgehead atoms. The Labute approximate surface area is 201 Å². The third-order valence-electron chi connectivity index (χ3n) is 5.08. The van der Waals surface area contributed by atoms with Crippen molar-refractivity contribution in [2.24, 2.45) is 0 Å². The van der Waals surface area contributed by atoms with Gasteiger partial charge in [0.1, 0.15) is 18.1 Å². The molecule has 0 aromatic heterocycles. The maximum Gasteiger partial charge on any atom is 0.343 e. The molecule has 0 heterocycles. The zero-order valence-corrected chi connectivity index (χ0v) is 19.4. The molecule has 176 valence electrons. The second-order valence-corrected chi connectivity index (χ2v) is 7.82. The fourth-order valence-electron chi connectivity index (χ4n) is 3.16. The second kappa shape index (κ2) is 13.6. The Balaban J connectivity index is 1.44. The highest BCUT2D eigenvalue weighted by molar-refractivity contribution is 5.91. The number of carbonyl (C=O) groups excluding carboxylic acids is 2. The number of rotatable bonds is 12. The van der Waals surface area contributed by atoms with Crippen LogP contribution >= 0.6 is 0 Å². The van der Waals surface area contributed by atoms with Gasteiger partial charge < -0.3 is 14.2 Å². The lowest BCUT2D eigenvalue weighted by atomic mass is 10.2. The lowest BCUT2D eigenvalue weighted by molar-refractivity contribution is -0.138. The summed E-state index contributed by atoms with van der Waals surface area (Å²) in [5.41, 5.74) is 2.17. The van der Waals surface area contributed by atoms with Gasteiger partial charge in [0.2, 0.25) is 0 Å². The van der Waals surface area contributed by atoms with Crippen LogP contribution in [0.1, 0.15) is 54.1 Å². The van der Waals surface area contributed by atoms with Crippen molar-refractivity contribution in [3.05, 3.63) is 102 Å². The first kappa shape index (κ1) is 24.8. The van der Waals surface area contributed by atoms with E-state index < -0.39 is 11.9 Å². The van der Waals surface area contributed by atoms with Gasteiger partial charge in [-0.25, -0.2) is 9.59 Å². The van der Waals surface area contributed by atoms with Gasteiger partial charge in [-0.05, 0) is 60.0 Å². The molecule has 0 N–H and O–H groups in total. The molecule has 3 aromatic carbocycles. The van der Waals surface area contributed by atoms with Crippen LogP contribution in [0.5, 0.6) is 11.5 Å². The Bertz CT molecular complexity index is 1050. The molecule has 0 unspecified atom stereocenters. The molecular weight excluding hydrogens is 428 g/mol. The van der Waals surface area contributed by atoms with Crippen LogP contribution in [0.25, 0.3) is 6.08 Å². The fourth-order valence-corrected chi connectivity index (χ4v) is 3.16. The molecule has 0 saturated heterocycles. The van der Waals surface area contributed by atoms with Gasteiger partial charge in [-0.15, -0.1) is 0 Å². The van der Waals surface area contributed by atoms with Crippen molar-refractivity contribution in [1.82, 2.24) is 0 Å². The first-order valence-electron chi connectivity index (χ1n) is 11.6. The Morgan fingerprint density at radius 2 is 1.50 bits per heavy atom. The topological polar surface area (TPSA) is 61.8 Å². The zero-order valence-electron chi connectivity index (χ0n) is 19.4. The fraction of sp³-hybridized carbons (Fsp3) is 0.241. The van der Waals surface area contributed by atoms with Crippen molar-refractivity contribution in [2.75, 3.05) is 6.61 Å². The van der Waals surface area contributed by atoms with Gasteiger partial charge in [-0.3, -0.25) is 0 Å². The van der Waals surface area contributed by atoms with Crippen molar-refractivity contribution in [2.45, 2.75) is 39.2 Å². The minimum absolute atomic E-state index is 0.227. The summed E-state index contributed by atoms with van der Waals surface area (Å²) in [5, 5.41) is 0. The highest BCUT2D eigenvalue weighted by atomic mass is 16.5. The summed E-state index contributed by atoms with van der Waals surface area (Å²) in [6, 6.07) is 23.3. The second-order valence-electron chi connectivity index (χ2n) is 7.82. The van der Waals surface area contributed by atoms with E-state index in [1.54, 1.807) is 54.6 Å². The summed E-state index contributed by atoms with van der Waals surface area (Å²) in [5.74, 6) is 0.298. The molecule has 0 aliphatic rings. The summed E-state index contributed by atoms with van der Waals surface area (Å²) in [7, 11) is 0. The van der Waals surface area contributed by atoms with Gasteiger partial charge in [0.25, 0.3) is 0 Å². The average molecular weight is 459 g/mol. The molecule has 0 fully saturated rings. The molecule has 0 amide bonds. The first-order valence-corrected chi connectivity index (χ1v) is 11.6. The number of hydrogen-bond acceptors (Lipinski definition) is 5. The minimum Gasteiger partial charge on any atom is -0.494 e. The summed E-state index contributed by atoms with van der Waals surface area (Å²) in [6.45, 7) is 3.08. The molecule has 3 aromatic rings. The largest absolute Gasteiger partial charge is 0.494 e. The van der Waals surface area contributed by atoms with Crippen LogP contribution in [0.2, 0.25) is 0 Å².